The Morgan fingerprint density at radius 2 is 2.18 bits per heavy atom. The monoisotopic (exact) mass is 238 g/mol. The molecule has 0 spiro atoms. The van der Waals surface area contributed by atoms with Crippen molar-refractivity contribution < 1.29 is 9.47 Å². The van der Waals surface area contributed by atoms with Gasteiger partial charge in [-0.15, -0.1) is 0 Å². The summed E-state index contributed by atoms with van der Waals surface area (Å²) in [6.45, 7) is 8.77. The number of ether oxygens (including phenoxy) is 2. The lowest BCUT2D eigenvalue weighted by molar-refractivity contribution is 0.0135. The Hall–Kier alpha value is -1.13. The summed E-state index contributed by atoms with van der Waals surface area (Å²) in [4.78, 5) is 4.25. The summed E-state index contributed by atoms with van der Waals surface area (Å²) in [5.74, 6) is 0. The van der Waals surface area contributed by atoms with Gasteiger partial charge in [0.15, 0.2) is 0 Å². The van der Waals surface area contributed by atoms with Gasteiger partial charge < -0.3 is 14.8 Å². The van der Waals surface area contributed by atoms with Gasteiger partial charge in [0, 0.05) is 18.4 Å². The number of nitrogens with one attached hydrogen (secondary N) is 1. The van der Waals surface area contributed by atoms with Gasteiger partial charge in [-0.05, 0) is 32.9 Å². The molecule has 0 amide bonds. The summed E-state index contributed by atoms with van der Waals surface area (Å²) in [6.07, 6.45) is 2.05. The molecule has 17 heavy (non-hydrogen) atoms. The van der Waals surface area contributed by atoms with Gasteiger partial charge in [0.05, 0.1) is 31.6 Å². The van der Waals surface area contributed by atoms with Crippen molar-refractivity contribution >= 4 is 5.69 Å². The second-order valence-electron chi connectivity index (χ2n) is 4.04. The van der Waals surface area contributed by atoms with Crippen LogP contribution in [0.1, 0.15) is 26.5 Å². The highest BCUT2D eigenvalue weighted by Gasteiger charge is 1.98. The molecule has 0 aliphatic carbocycles. The van der Waals surface area contributed by atoms with E-state index in [1.807, 2.05) is 26.0 Å². The van der Waals surface area contributed by atoms with Gasteiger partial charge in [-0.2, -0.15) is 0 Å². The van der Waals surface area contributed by atoms with Crippen LogP contribution in [-0.2, 0) is 16.1 Å². The van der Waals surface area contributed by atoms with Crippen LogP contribution in [0.15, 0.2) is 18.3 Å². The molecule has 0 saturated carbocycles. The van der Waals surface area contributed by atoms with Gasteiger partial charge in [-0.1, -0.05) is 0 Å². The fourth-order valence-corrected chi connectivity index (χ4v) is 1.39. The predicted octanol–water partition coefficient (Wildman–Crippen LogP) is 2.46. The number of nitrogens with zero attached hydrogens (tertiary/aromatic N) is 1. The summed E-state index contributed by atoms with van der Waals surface area (Å²) >= 11 is 0. The van der Waals surface area contributed by atoms with Crippen molar-refractivity contribution in [3.05, 3.63) is 24.0 Å². The quantitative estimate of drug-likeness (QED) is 0.706. The highest BCUT2D eigenvalue weighted by molar-refractivity contribution is 5.42. The zero-order valence-electron chi connectivity index (χ0n) is 10.9. The second-order valence-corrected chi connectivity index (χ2v) is 4.04. The third-order valence-electron chi connectivity index (χ3n) is 2.13. The standard InChI is InChI=1S/C13H22N2O2/c1-4-14-12-5-6-15-13(9-12)10-16-7-8-17-11(2)3/h5-6,9,11H,4,7-8,10H2,1-3H3,(H,14,15). The molecular formula is C13H22N2O2. The summed E-state index contributed by atoms with van der Waals surface area (Å²) in [5.41, 5.74) is 2.02. The van der Waals surface area contributed by atoms with E-state index in [4.69, 9.17) is 9.47 Å². The van der Waals surface area contributed by atoms with Crippen LogP contribution in [0.2, 0.25) is 0 Å². The van der Waals surface area contributed by atoms with Crippen LogP contribution in [0.4, 0.5) is 5.69 Å². The van der Waals surface area contributed by atoms with Gasteiger partial charge in [-0.3, -0.25) is 4.98 Å². The van der Waals surface area contributed by atoms with Crippen LogP contribution in [0.25, 0.3) is 0 Å². The first-order valence-corrected chi connectivity index (χ1v) is 6.10. The van der Waals surface area contributed by atoms with Crippen molar-refractivity contribution in [1.82, 2.24) is 4.98 Å². The minimum absolute atomic E-state index is 0.258. The average molecular weight is 238 g/mol. The average Bonchev–Trinajstić information content (AvgIpc) is 2.29. The number of hydrogen-bond donors (Lipinski definition) is 1. The van der Waals surface area contributed by atoms with Crippen LogP contribution in [-0.4, -0.2) is 30.8 Å². The Bertz CT molecular complexity index is 316. The number of rotatable bonds is 8. The molecule has 0 saturated heterocycles. The number of anilines is 1. The molecule has 0 atom stereocenters. The van der Waals surface area contributed by atoms with Gasteiger partial charge >= 0.3 is 0 Å². The third kappa shape index (κ3) is 6.24. The Balaban J connectivity index is 2.24. The van der Waals surface area contributed by atoms with Gasteiger partial charge in [-0.25, -0.2) is 0 Å². The predicted molar refractivity (Wildman–Crippen MR) is 69.1 cm³/mol. The van der Waals surface area contributed by atoms with E-state index in [-0.39, 0.29) is 6.10 Å². The number of pyridine rings is 1. The molecule has 96 valence electrons. The first-order chi connectivity index (χ1) is 8.22. The molecule has 1 N–H and O–H groups in total. The molecule has 1 heterocycles. The van der Waals surface area contributed by atoms with Crippen LogP contribution in [0.3, 0.4) is 0 Å². The second kappa shape index (κ2) is 8.03. The molecule has 0 aliphatic rings. The van der Waals surface area contributed by atoms with Crippen LogP contribution in [0.5, 0.6) is 0 Å². The number of aromatic nitrogens is 1. The summed E-state index contributed by atoms with van der Waals surface area (Å²) < 4.78 is 10.9. The lowest BCUT2D eigenvalue weighted by Crippen LogP contribution is -2.10. The lowest BCUT2D eigenvalue weighted by atomic mass is 10.3. The van der Waals surface area contributed by atoms with Crippen LogP contribution >= 0.6 is 0 Å². The molecule has 1 aromatic rings. The summed E-state index contributed by atoms with van der Waals surface area (Å²) in [7, 11) is 0. The summed E-state index contributed by atoms with van der Waals surface area (Å²) in [6, 6.07) is 3.96. The van der Waals surface area contributed by atoms with E-state index in [0.717, 1.165) is 17.9 Å². The van der Waals surface area contributed by atoms with E-state index in [9.17, 15) is 0 Å². The molecule has 1 aromatic heterocycles. The maximum atomic E-state index is 5.49. The zero-order chi connectivity index (χ0) is 12.5. The molecule has 0 bridgehead atoms. The Morgan fingerprint density at radius 3 is 2.88 bits per heavy atom. The highest BCUT2D eigenvalue weighted by Crippen LogP contribution is 2.08. The van der Waals surface area contributed by atoms with E-state index in [1.165, 1.54) is 0 Å². The fraction of sp³-hybridized carbons (Fsp3) is 0.615. The maximum Gasteiger partial charge on any atom is 0.0889 e. The Labute approximate surface area is 103 Å². The molecule has 0 aliphatic heterocycles. The largest absolute Gasteiger partial charge is 0.385 e. The SMILES string of the molecule is CCNc1ccnc(COCCOC(C)C)c1. The lowest BCUT2D eigenvalue weighted by Gasteiger charge is -2.08. The summed E-state index contributed by atoms with van der Waals surface area (Å²) in [5, 5.41) is 3.24. The first-order valence-electron chi connectivity index (χ1n) is 6.10. The third-order valence-corrected chi connectivity index (χ3v) is 2.13. The van der Waals surface area contributed by atoms with Crippen molar-refractivity contribution in [3.8, 4) is 0 Å². The highest BCUT2D eigenvalue weighted by atomic mass is 16.5. The molecule has 1 rings (SSSR count). The first kappa shape index (κ1) is 13.9. The topological polar surface area (TPSA) is 43.4 Å². The maximum absolute atomic E-state index is 5.49. The van der Waals surface area contributed by atoms with Crippen molar-refractivity contribution in [2.75, 3.05) is 25.1 Å². The van der Waals surface area contributed by atoms with E-state index < -0.39 is 0 Å². The van der Waals surface area contributed by atoms with Crippen molar-refractivity contribution in [3.63, 3.8) is 0 Å². The van der Waals surface area contributed by atoms with Crippen molar-refractivity contribution in [2.45, 2.75) is 33.5 Å². The molecule has 4 heteroatoms. The van der Waals surface area contributed by atoms with Crippen LogP contribution in [0, 0.1) is 0 Å². The van der Waals surface area contributed by atoms with E-state index in [0.29, 0.717) is 19.8 Å². The molecular weight excluding hydrogens is 216 g/mol. The fourth-order valence-electron chi connectivity index (χ4n) is 1.39. The number of hydrogen-bond acceptors (Lipinski definition) is 4. The smallest absolute Gasteiger partial charge is 0.0889 e. The van der Waals surface area contributed by atoms with Crippen LogP contribution < -0.4 is 5.32 Å². The minimum atomic E-state index is 0.258. The van der Waals surface area contributed by atoms with Gasteiger partial charge in [0.1, 0.15) is 0 Å². The molecule has 0 unspecified atom stereocenters. The van der Waals surface area contributed by atoms with E-state index >= 15 is 0 Å². The van der Waals surface area contributed by atoms with E-state index in [1.54, 1.807) is 6.20 Å². The Kier molecular flexibility index (Phi) is 6.58. The van der Waals surface area contributed by atoms with Crippen molar-refractivity contribution in [2.24, 2.45) is 0 Å². The molecule has 0 radical (unpaired) electrons. The minimum Gasteiger partial charge on any atom is -0.385 e. The van der Waals surface area contributed by atoms with Crippen molar-refractivity contribution in [1.29, 1.82) is 0 Å². The molecule has 4 nitrogen and oxygen atoms in total. The zero-order valence-corrected chi connectivity index (χ0v) is 10.9. The Morgan fingerprint density at radius 1 is 1.35 bits per heavy atom. The molecule has 0 aromatic carbocycles. The molecule has 0 fully saturated rings. The van der Waals surface area contributed by atoms with Gasteiger partial charge in [0.25, 0.3) is 0 Å². The van der Waals surface area contributed by atoms with E-state index in [2.05, 4.69) is 17.2 Å². The normalized spacial score (nSPS) is 10.8. The van der Waals surface area contributed by atoms with Gasteiger partial charge in [0.2, 0.25) is 0 Å².